The van der Waals surface area contributed by atoms with E-state index in [9.17, 15) is 5.11 Å². The van der Waals surface area contributed by atoms with Crippen molar-refractivity contribution in [2.75, 3.05) is 43.4 Å². The van der Waals surface area contributed by atoms with Gasteiger partial charge in [0.2, 0.25) is 0 Å². The average Bonchev–Trinajstić information content (AvgIpc) is 2.29. The van der Waals surface area contributed by atoms with Crippen LogP contribution in [-0.2, 0) is 0 Å². The molecule has 1 aromatic carbocycles. The Morgan fingerprint density at radius 2 is 1.84 bits per heavy atom. The van der Waals surface area contributed by atoms with Gasteiger partial charge in [-0.05, 0) is 32.4 Å². The summed E-state index contributed by atoms with van der Waals surface area (Å²) in [5, 5.41) is 9.87. The lowest BCUT2D eigenvalue weighted by Crippen LogP contribution is -2.50. The molecule has 1 fully saturated rings. The van der Waals surface area contributed by atoms with Crippen LogP contribution in [0.25, 0.3) is 0 Å². The standard InChI is InChI=1S/C15H25N3O/c1-12-5-4-6-13(16)14(12)18-9-7-17(8-10-18)11-15(2,3)19/h4-6,19H,7-11,16H2,1-3H3. The summed E-state index contributed by atoms with van der Waals surface area (Å²) in [6.07, 6.45) is 0. The molecule has 3 N–H and O–H groups in total. The zero-order valence-electron chi connectivity index (χ0n) is 12.2. The lowest BCUT2D eigenvalue weighted by Gasteiger charge is -2.39. The minimum atomic E-state index is -0.621. The van der Waals surface area contributed by atoms with Crippen molar-refractivity contribution in [2.24, 2.45) is 0 Å². The number of nitrogens with zero attached hydrogens (tertiary/aromatic N) is 2. The first-order valence-corrected chi connectivity index (χ1v) is 6.91. The van der Waals surface area contributed by atoms with E-state index in [1.54, 1.807) is 0 Å². The number of β-amino-alcohol motifs (C(OH)–C–C–N with tert-alkyl or cyclic N) is 1. The van der Waals surface area contributed by atoms with Crippen LogP contribution in [0.1, 0.15) is 19.4 Å². The van der Waals surface area contributed by atoms with Crippen LogP contribution in [0.3, 0.4) is 0 Å². The number of benzene rings is 1. The second kappa shape index (κ2) is 5.39. The quantitative estimate of drug-likeness (QED) is 0.811. The van der Waals surface area contributed by atoms with Gasteiger partial charge in [-0.3, -0.25) is 4.90 Å². The summed E-state index contributed by atoms with van der Waals surface area (Å²) >= 11 is 0. The summed E-state index contributed by atoms with van der Waals surface area (Å²) in [6.45, 7) is 10.4. The van der Waals surface area contributed by atoms with Crippen molar-refractivity contribution in [3.05, 3.63) is 23.8 Å². The molecule has 106 valence electrons. The van der Waals surface area contributed by atoms with Crippen LogP contribution in [0.5, 0.6) is 0 Å². The van der Waals surface area contributed by atoms with Crippen LogP contribution >= 0.6 is 0 Å². The topological polar surface area (TPSA) is 52.7 Å². The Hall–Kier alpha value is -1.26. The van der Waals surface area contributed by atoms with Crippen molar-refractivity contribution in [1.29, 1.82) is 0 Å². The summed E-state index contributed by atoms with van der Waals surface area (Å²) in [5.74, 6) is 0. The molecule has 4 heteroatoms. The summed E-state index contributed by atoms with van der Waals surface area (Å²) in [4.78, 5) is 4.66. The van der Waals surface area contributed by atoms with Gasteiger partial charge >= 0.3 is 0 Å². The van der Waals surface area contributed by atoms with E-state index in [1.165, 1.54) is 11.3 Å². The molecule has 1 saturated heterocycles. The van der Waals surface area contributed by atoms with E-state index in [-0.39, 0.29) is 0 Å². The minimum Gasteiger partial charge on any atom is -0.397 e. The number of hydrogen-bond donors (Lipinski definition) is 2. The van der Waals surface area contributed by atoms with Crippen LogP contribution in [-0.4, -0.2) is 48.3 Å². The van der Waals surface area contributed by atoms with E-state index in [0.717, 1.165) is 38.4 Å². The Kier molecular flexibility index (Phi) is 4.02. The summed E-state index contributed by atoms with van der Waals surface area (Å²) < 4.78 is 0. The van der Waals surface area contributed by atoms with Gasteiger partial charge in [-0.1, -0.05) is 12.1 Å². The number of aryl methyl sites for hydroxylation is 1. The Morgan fingerprint density at radius 1 is 1.21 bits per heavy atom. The molecule has 0 atom stereocenters. The van der Waals surface area contributed by atoms with Crippen molar-refractivity contribution in [3.63, 3.8) is 0 Å². The monoisotopic (exact) mass is 263 g/mol. The smallest absolute Gasteiger partial charge is 0.0718 e. The average molecular weight is 263 g/mol. The lowest BCUT2D eigenvalue weighted by molar-refractivity contribution is 0.0345. The molecule has 1 aromatic rings. The molecular weight excluding hydrogens is 238 g/mol. The summed E-state index contributed by atoms with van der Waals surface area (Å²) in [5.41, 5.74) is 8.73. The maximum Gasteiger partial charge on any atom is 0.0718 e. The highest BCUT2D eigenvalue weighted by Gasteiger charge is 2.24. The molecule has 1 aliphatic heterocycles. The molecule has 4 nitrogen and oxygen atoms in total. The van der Waals surface area contributed by atoms with Gasteiger partial charge in [-0.15, -0.1) is 0 Å². The van der Waals surface area contributed by atoms with Crippen molar-refractivity contribution >= 4 is 11.4 Å². The van der Waals surface area contributed by atoms with E-state index in [0.29, 0.717) is 0 Å². The van der Waals surface area contributed by atoms with Gasteiger partial charge < -0.3 is 15.7 Å². The molecule has 0 bridgehead atoms. The Balaban J connectivity index is 2.00. The van der Waals surface area contributed by atoms with E-state index in [2.05, 4.69) is 22.8 Å². The molecule has 0 spiro atoms. The molecule has 0 saturated carbocycles. The largest absolute Gasteiger partial charge is 0.397 e. The minimum absolute atomic E-state index is 0.621. The van der Waals surface area contributed by atoms with Crippen LogP contribution < -0.4 is 10.6 Å². The summed E-state index contributed by atoms with van der Waals surface area (Å²) in [6, 6.07) is 6.07. The van der Waals surface area contributed by atoms with E-state index in [4.69, 9.17) is 5.73 Å². The molecule has 1 aliphatic rings. The molecule has 0 unspecified atom stereocenters. The van der Waals surface area contributed by atoms with Gasteiger partial charge in [0.1, 0.15) is 0 Å². The maximum absolute atomic E-state index is 9.87. The SMILES string of the molecule is Cc1cccc(N)c1N1CCN(CC(C)(C)O)CC1. The second-order valence-corrected chi connectivity index (χ2v) is 6.09. The molecule has 19 heavy (non-hydrogen) atoms. The maximum atomic E-state index is 9.87. The predicted molar refractivity (Wildman–Crippen MR) is 80.5 cm³/mol. The number of nitrogen functional groups attached to an aromatic ring is 1. The Morgan fingerprint density at radius 3 is 2.37 bits per heavy atom. The van der Waals surface area contributed by atoms with Crippen molar-refractivity contribution < 1.29 is 5.11 Å². The lowest BCUT2D eigenvalue weighted by atomic mass is 10.1. The third-order valence-electron chi connectivity index (χ3n) is 3.57. The molecule has 2 rings (SSSR count). The molecule has 0 amide bonds. The first-order valence-electron chi connectivity index (χ1n) is 6.91. The highest BCUT2D eigenvalue weighted by atomic mass is 16.3. The predicted octanol–water partition coefficient (Wildman–Crippen LogP) is 1.47. The van der Waals surface area contributed by atoms with Crippen LogP contribution in [0.15, 0.2) is 18.2 Å². The van der Waals surface area contributed by atoms with Gasteiger partial charge in [0.05, 0.1) is 17.0 Å². The van der Waals surface area contributed by atoms with Crippen molar-refractivity contribution in [3.8, 4) is 0 Å². The first-order chi connectivity index (χ1) is 8.87. The zero-order valence-corrected chi connectivity index (χ0v) is 12.2. The fourth-order valence-corrected chi connectivity index (χ4v) is 2.79. The molecule has 0 radical (unpaired) electrons. The highest BCUT2D eigenvalue weighted by molar-refractivity contribution is 5.71. The molecule has 0 aliphatic carbocycles. The van der Waals surface area contributed by atoms with E-state index < -0.39 is 5.60 Å². The number of para-hydroxylation sites is 1. The van der Waals surface area contributed by atoms with Gasteiger partial charge in [-0.25, -0.2) is 0 Å². The fraction of sp³-hybridized carbons (Fsp3) is 0.600. The van der Waals surface area contributed by atoms with Crippen LogP contribution in [0.4, 0.5) is 11.4 Å². The third kappa shape index (κ3) is 3.61. The third-order valence-corrected chi connectivity index (χ3v) is 3.57. The van der Waals surface area contributed by atoms with E-state index >= 15 is 0 Å². The molecule has 1 heterocycles. The van der Waals surface area contributed by atoms with Crippen LogP contribution in [0.2, 0.25) is 0 Å². The van der Waals surface area contributed by atoms with Crippen molar-refractivity contribution in [2.45, 2.75) is 26.4 Å². The Bertz CT molecular complexity index is 411. The van der Waals surface area contributed by atoms with Crippen LogP contribution in [0, 0.1) is 6.92 Å². The number of anilines is 2. The van der Waals surface area contributed by atoms with E-state index in [1.807, 2.05) is 26.0 Å². The number of nitrogens with two attached hydrogens (primary N) is 1. The highest BCUT2D eigenvalue weighted by Crippen LogP contribution is 2.28. The van der Waals surface area contributed by atoms with Crippen molar-refractivity contribution in [1.82, 2.24) is 4.90 Å². The number of hydrogen-bond acceptors (Lipinski definition) is 4. The van der Waals surface area contributed by atoms with Gasteiger partial charge in [0, 0.05) is 32.7 Å². The second-order valence-electron chi connectivity index (χ2n) is 6.09. The number of aliphatic hydroxyl groups is 1. The number of piperazine rings is 1. The summed E-state index contributed by atoms with van der Waals surface area (Å²) in [7, 11) is 0. The normalized spacial score (nSPS) is 17.8. The Labute approximate surface area is 115 Å². The molecule has 0 aromatic heterocycles. The first kappa shape index (κ1) is 14.2. The van der Waals surface area contributed by atoms with Gasteiger partial charge in [0.25, 0.3) is 0 Å². The molecular formula is C15H25N3O. The fourth-order valence-electron chi connectivity index (χ4n) is 2.79. The zero-order chi connectivity index (χ0) is 14.0. The number of rotatable bonds is 3. The van der Waals surface area contributed by atoms with Gasteiger partial charge in [0.15, 0.2) is 0 Å². The van der Waals surface area contributed by atoms with Gasteiger partial charge in [-0.2, -0.15) is 0 Å².